The summed E-state index contributed by atoms with van der Waals surface area (Å²) in [7, 11) is 4.77. The molecule has 1 aromatic heterocycles. The maximum atomic E-state index is 8.13. The van der Waals surface area contributed by atoms with Crippen molar-refractivity contribution in [1.29, 1.82) is 5.41 Å². The smallest absolute Gasteiger partial charge is 0.165 e. The minimum Gasteiger partial charge on any atom is -0.676 e. The summed E-state index contributed by atoms with van der Waals surface area (Å²) in [6.07, 6.45) is 8.40. The van der Waals surface area contributed by atoms with Gasteiger partial charge in [0.1, 0.15) is 30.3 Å². The Labute approximate surface area is 397 Å². The Kier molecular flexibility index (Phi) is 39.3. The molecule has 61 heavy (non-hydrogen) atoms. The third-order valence-electron chi connectivity index (χ3n) is 8.35. The molecule has 17 nitrogen and oxygen atoms in total. The van der Waals surface area contributed by atoms with Crippen molar-refractivity contribution in [3.63, 3.8) is 0 Å². The van der Waals surface area contributed by atoms with Crippen LogP contribution in [-0.2, 0) is 61.4 Å². The second-order valence-electron chi connectivity index (χ2n) is 13.0. The number of hydrogen-bond donors (Lipinski definition) is 6. The van der Waals surface area contributed by atoms with Crippen LogP contribution < -0.4 is 26.2 Å². The van der Waals surface area contributed by atoms with Crippen LogP contribution in [0.2, 0.25) is 0 Å². The molecule has 4 rings (SSSR count). The van der Waals surface area contributed by atoms with Crippen LogP contribution in [0.25, 0.3) is 5.73 Å². The van der Waals surface area contributed by atoms with Gasteiger partial charge in [0, 0.05) is 103 Å². The molecule has 4 atom stereocenters. The van der Waals surface area contributed by atoms with Crippen LogP contribution >= 0.6 is 29.6 Å². The number of nitrogens with one attached hydrogen (secondary N) is 4. The van der Waals surface area contributed by atoms with Gasteiger partial charge in [-0.3, -0.25) is 0 Å². The summed E-state index contributed by atoms with van der Waals surface area (Å²) in [6.45, 7) is 14.5. The minimum atomic E-state index is -0.0808. The van der Waals surface area contributed by atoms with Gasteiger partial charge in [0.2, 0.25) is 0 Å². The van der Waals surface area contributed by atoms with Crippen molar-refractivity contribution < 1.29 is 76.7 Å². The average Bonchev–Trinajstić information content (AvgIpc) is 3.70. The molecule has 2 aliphatic rings. The van der Waals surface area contributed by atoms with Gasteiger partial charge in [-0.15, -0.1) is 24.4 Å². The maximum absolute atomic E-state index is 8.13. The molecule has 0 spiro atoms. The van der Waals surface area contributed by atoms with Crippen LogP contribution in [0.3, 0.4) is 0 Å². The number of nitrogens with two attached hydrogens (primary N) is 1. The fourth-order valence-corrected chi connectivity index (χ4v) is 7.87. The summed E-state index contributed by atoms with van der Waals surface area (Å²) in [6, 6.07) is 7.14. The van der Waals surface area contributed by atoms with Crippen molar-refractivity contribution in [2.45, 2.75) is 71.0 Å². The van der Waals surface area contributed by atoms with Crippen molar-refractivity contribution in [2.24, 2.45) is 5.73 Å². The molecule has 0 bridgehead atoms. The molecule has 2 saturated heterocycles. The Bertz CT molecular complexity index is 1400. The molecule has 347 valence electrons. The number of thioether (sulfide) groups is 1. The first-order valence-corrected chi connectivity index (χ1v) is 23.9. The van der Waals surface area contributed by atoms with E-state index in [2.05, 4.69) is 39.6 Å². The molecule has 4 unspecified atom stereocenters. The van der Waals surface area contributed by atoms with Gasteiger partial charge in [0.05, 0.1) is 43.8 Å². The van der Waals surface area contributed by atoms with Crippen molar-refractivity contribution >= 4 is 47.4 Å². The normalized spacial score (nSPS) is 16.0. The van der Waals surface area contributed by atoms with Crippen molar-refractivity contribution in [1.82, 2.24) is 15.3 Å². The van der Waals surface area contributed by atoms with E-state index < -0.39 is 0 Å². The number of anilines is 2. The molecular formula is C40H73N8O9P2SY-. The zero-order chi connectivity index (χ0) is 44.2. The van der Waals surface area contributed by atoms with Crippen molar-refractivity contribution in [3.8, 4) is 5.75 Å². The fourth-order valence-electron chi connectivity index (χ4n) is 5.46. The summed E-state index contributed by atoms with van der Waals surface area (Å²) in [5.74, 6) is 4.59. The van der Waals surface area contributed by atoms with Crippen LogP contribution in [0, 0.1) is 19.3 Å². The van der Waals surface area contributed by atoms with Crippen LogP contribution in [-0.4, -0.2) is 148 Å². The van der Waals surface area contributed by atoms with E-state index in [1.54, 1.807) is 18.3 Å². The monoisotopic (exact) mass is 992 g/mol. The second kappa shape index (κ2) is 40.2. The fraction of sp³-hybridized carbons (Fsp3) is 0.675. The van der Waals surface area contributed by atoms with Gasteiger partial charge < -0.3 is 61.4 Å². The molecular weight excluding hydrogens is 919 g/mol. The maximum Gasteiger partial charge on any atom is 0.165 e. The number of aliphatic hydroxyl groups is 1. The molecule has 0 amide bonds. The second-order valence-corrected chi connectivity index (χ2v) is 17.0. The molecule has 0 saturated carbocycles. The Balaban J connectivity index is 0.00000222. The molecule has 2 aromatic rings. The van der Waals surface area contributed by atoms with E-state index in [1.807, 2.05) is 51.6 Å². The third-order valence-corrected chi connectivity index (χ3v) is 11.3. The number of aliphatic hydroxyl groups excluding tert-OH is 1. The predicted octanol–water partition coefficient (Wildman–Crippen LogP) is 5.83. The SMILES string of the molecule is CC.CO.Cc1ccc(OO)cc1.Cc1nc(NC2CCC(CCPCP)O2)c(C=N)c(N2CC(SCCOOC/C(N)=C/NCCOCCCOCCOCC[NH-])C2)n1.[Y]. The Hall–Kier alpha value is -1.34. The van der Waals surface area contributed by atoms with Crippen molar-refractivity contribution in [3.05, 3.63) is 58.8 Å². The predicted molar refractivity (Wildman–Crippen MR) is 249 cm³/mol. The van der Waals surface area contributed by atoms with Crippen LogP contribution in [0.1, 0.15) is 56.5 Å². The van der Waals surface area contributed by atoms with Gasteiger partial charge in [-0.05, 0) is 63.7 Å². The molecule has 0 aliphatic carbocycles. The first-order chi connectivity index (χ1) is 29.4. The molecule has 3 heterocycles. The van der Waals surface area contributed by atoms with E-state index in [9.17, 15) is 0 Å². The van der Waals surface area contributed by atoms with Crippen LogP contribution in [0.5, 0.6) is 5.75 Å². The van der Waals surface area contributed by atoms with Gasteiger partial charge in [0.25, 0.3) is 0 Å². The number of nitrogens with zero attached hydrogens (tertiary/aromatic N) is 3. The standard InChI is InChI=1S/C30H55N8O6P2S.C7H8O2.C2H6.CH4O.Y/c1-23-35-29(37-28-4-3-25(44-28)5-15-46-22-45)27(17-32)30(36-23)38-19-26(20-38)47-16-14-42-43-21-24(33)18-34-7-11-39-8-2-9-40-12-13-41-10-6-31;1-6-2-4-7(9-8)5-3-6;2*1-2;/h17-18,25-26,28,31-32,34,46H,2-16,19-22,33,45H2,1H3,(H,35,36,37);2-5,8H,1H3;1-2H3;2H,1H3;/q-1;;;;/b24-18-,32-17?;;;;. The van der Waals surface area contributed by atoms with Crippen LogP contribution in [0.4, 0.5) is 11.6 Å². The third kappa shape index (κ3) is 27.6. The zero-order valence-corrected chi connectivity index (χ0v) is 42.7. The largest absolute Gasteiger partial charge is 0.676 e. The summed E-state index contributed by atoms with van der Waals surface area (Å²) < 4.78 is 22.4. The average molecular weight is 993 g/mol. The summed E-state index contributed by atoms with van der Waals surface area (Å²) in [4.78, 5) is 26.0. The summed E-state index contributed by atoms with van der Waals surface area (Å²) >= 11 is 1.83. The number of hydrogen-bond acceptors (Lipinski definition) is 17. The molecule has 1 radical (unpaired) electrons. The number of ether oxygens (including phenoxy) is 4. The van der Waals surface area contributed by atoms with Gasteiger partial charge >= 0.3 is 0 Å². The number of rotatable bonds is 29. The van der Waals surface area contributed by atoms with E-state index in [0.717, 1.165) is 77.5 Å². The van der Waals surface area contributed by atoms with Gasteiger partial charge in [-0.25, -0.2) is 25.0 Å². The van der Waals surface area contributed by atoms with E-state index in [0.29, 0.717) is 92.8 Å². The molecule has 1 aromatic carbocycles. The zero-order valence-electron chi connectivity index (χ0n) is 36.9. The van der Waals surface area contributed by atoms with E-state index >= 15 is 0 Å². The molecule has 2 aliphatic heterocycles. The first-order valence-electron chi connectivity index (χ1n) is 20.6. The molecule has 2 fully saturated rings. The Morgan fingerprint density at radius 1 is 1.03 bits per heavy atom. The Morgan fingerprint density at radius 2 is 1.72 bits per heavy atom. The molecule has 21 heteroatoms. The van der Waals surface area contributed by atoms with E-state index in [-0.39, 0.29) is 52.1 Å². The van der Waals surface area contributed by atoms with Gasteiger partial charge in [-0.2, -0.15) is 11.8 Å². The van der Waals surface area contributed by atoms with Gasteiger partial charge in [0.15, 0.2) is 5.75 Å². The minimum absolute atomic E-state index is 0. The van der Waals surface area contributed by atoms with Crippen LogP contribution in [0.15, 0.2) is 36.2 Å². The van der Waals surface area contributed by atoms with E-state index in [1.165, 1.54) is 12.4 Å². The number of benzene rings is 1. The quantitative estimate of drug-likeness (QED) is 0.0185. The number of aryl methyl sites for hydroxylation is 2. The van der Waals surface area contributed by atoms with Gasteiger partial charge in [-0.1, -0.05) is 31.5 Å². The van der Waals surface area contributed by atoms with E-state index in [4.69, 9.17) is 56.0 Å². The first kappa shape index (κ1) is 59.7. The number of aromatic nitrogens is 2. The molecule has 8 N–H and O–H groups in total. The Morgan fingerprint density at radius 3 is 2.38 bits per heavy atom. The summed E-state index contributed by atoms with van der Waals surface area (Å²) in [5.41, 5.74) is 15.3. The van der Waals surface area contributed by atoms with Crippen molar-refractivity contribution in [2.75, 3.05) is 114 Å². The topological polar surface area (TPSA) is 232 Å². The summed E-state index contributed by atoms with van der Waals surface area (Å²) in [5, 5.41) is 30.2.